The lowest BCUT2D eigenvalue weighted by molar-refractivity contribution is 0.651. The van der Waals surface area contributed by atoms with E-state index in [1.165, 1.54) is 5.69 Å². The molecule has 2 aromatic rings. The van der Waals surface area contributed by atoms with Gasteiger partial charge in [-0.1, -0.05) is 11.6 Å². The quantitative estimate of drug-likeness (QED) is 0.798. The largest absolute Gasteiger partial charge is 0.368 e. The number of piperazine rings is 1. The number of hydrogen-bond acceptors (Lipinski definition) is 4. The molecule has 3 rings (SSSR count). The Morgan fingerprint density at radius 3 is 2.55 bits per heavy atom. The van der Waals surface area contributed by atoms with Crippen LogP contribution in [0.2, 0.25) is 5.02 Å². The summed E-state index contributed by atoms with van der Waals surface area (Å²) in [7, 11) is 0. The van der Waals surface area contributed by atoms with Crippen molar-refractivity contribution < 1.29 is 0 Å². The number of rotatable bonds is 3. The molecule has 1 fully saturated rings. The van der Waals surface area contributed by atoms with Gasteiger partial charge in [0.2, 0.25) is 0 Å². The number of halogens is 2. The summed E-state index contributed by atoms with van der Waals surface area (Å²) in [6, 6.07) is 5.95. The van der Waals surface area contributed by atoms with E-state index in [2.05, 4.69) is 20.9 Å². The maximum absolute atomic E-state index is 6.03. The first kappa shape index (κ1) is 14.0. The molecular formula is C14H15Cl2N3S. The highest BCUT2D eigenvalue weighted by molar-refractivity contribution is 7.13. The molecule has 0 N–H and O–H groups in total. The Balaban J connectivity index is 1.72. The molecule has 0 radical (unpaired) electrons. The van der Waals surface area contributed by atoms with Gasteiger partial charge in [0, 0.05) is 54.3 Å². The predicted molar refractivity (Wildman–Crippen MR) is 87.5 cm³/mol. The van der Waals surface area contributed by atoms with E-state index in [0.29, 0.717) is 5.88 Å². The maximum atomic E-state index is 6.03. The van der Waals surface area contributed by atoms with Crippen molar-refractivity contribution >= 4 is 45.4 Å². The molecule has 0 spiro atoms. The molecule has 2 heterocycles. The fraction of sp³-hybridized carbons (Fsp3) is 0.357. The first-order chi connectivity index (χ1) is 9.78. The molecule has 0 saturated carbocycles. The highest BCUT2D eigenvalue weighted by atomic mass is 35.5. The Morgan fingerprint density at radius 2 is 1.90 bits per heavy atom. The summed E-state index contributed by atoms with van der Waals surface area (Å²) < 4.78 is 0. The molecule has 0 unspecified atom stereocenters. The van der Waals surface area contributed by atoms with Gasteiger partial charge in [0.15, 0.2) is 5.13 Å². The fourth-order valence-corrected chi connectivity index (χ4v) is 3.59. The van der Waals surface area contributed by atoms with Gasteiger partial charge in [0.25, 0.3) is 0 Å². The number of anilines is 2. The smallest absolute Gasteiger partial charge is 0.185 e. The summed E-state index contributed by atoms with van der Waals surface area (Å²) in [4.78, 5) is 9.07. The van der Waals surface area contributed by atoms with Crippen LogP contribution >= 0.6 is 34.5 Å². The Morgan fingerprint density at radius 1 is 1.15 bits per heavy atom. The predicted octanol–water partition coefficient (Wildman–Crippen LogP) is 3.86. The molecular weight excluding hydrogens is 313 g/mol. The first-order valence-corrected chi connectivity index (χ1v) is 8.31. The van der Waals surface area contributed by atoms with E-state index in [-0.39, 0.29) is 0 Å². The SMILES string of the molecule is ClCc1cc(Cl)ccc1N1CCN(c2nccs2)CC1. The molecule has 1 aromatic carbocycles. The Bertz CT molecular complexity index is 566. The molecule has 0 aliphatic carbocycles. The van der Waals surface area contributed by atoms with Gasteiger partial charge in [-0.25, -0.2) is 4.98 Å². The van der Waals surface area contributed by atoms with Crippen LogP contribution < -0.4 is 9.80 Å². The number of thiazole rings is 1. The monoisotopic (exact) mass is 327 g/mol. The van der Waals surface area contributed by atoms with Crippen molar-refractivity contribution in [3.63, 3.8) is 0 Å². The topological polar surface area (TPSA) is 19.4 Å². The van der Waals surface area contributed by atoms with Crippen molar-refractivity contribution in [2.24, 2.45) is 0 Å². The average Bonchev–Trinajstić information content (AvgIpc) is 3.01. The Kier molecular flexibility index (Phi) is 4.34. The standard InChI is InChI=1S/C14H15Cl2N3S/c15-10-11-9-12(16)1-2-13(11)18-4-6-19(7-5-18)14-17-3-8-20-14/h1-3,8-9H,4-7,10H2. The maximum Gasteiger partial charge on any atom is 0.185 e. The van der Waals surface area contributed by atoms with Gasteiger partial charge in [-0.05, 0) is 23.8 Å². The number of nitrogens with zero attached hydrogens (tertiary/aromatic N) is 3. The van der Waals surface area contributed by atoms with Crippen molar-refractivity contribution in [1.82, 2.24) is 4.98 Å². The van der Waals surface area contributed by atoms with E-state index >= 15 is 0 Å². The van der Waals surface area contributed by atoms with Crippen LogP contribution in [0.25, 0.3) is 0 Å². The lowest BCUT2D eigenvalue weighted by Gasteiger charge is -2.36. The summed E-state index contributed by atoms with van der Waals surface area (Å²) in [5, 5.41) is 3.87. The second-order valence-electron chi connectivity index (χ2n) is 4.70. The minimum absolute atomic E-state index is 0.489. The molecule has 0 bridgehead atoms. The third-order valence-corrected chi connectivity index (χ3v) is 4.85. The molecule has 20 heavy (non-hydrogen) atoms. The van der Waals surface area contributed by atoms with E-state index in [1.807, 2.05) is 23.7 Å². The highest BCUT2D eigenvalue weighted by Gasteiger charge is 2.20. The van der Waals surface area contributed by atoms with Crippen molar-refractivity contribution in [2.75, 3.05) is 36.0 Å². The molecule has 6 heteroatoms. The van der Waals surface area contributed by atoms with Gasteiger partial charge in [-0.15, -0.1) is 22.9 Å². The number of benzene rings is 1. The van der Waals surface area contributed by atoms with Crippen LogP contribution in [0.4, 0.5) is 10.8 Å². The number of hydrogen-bond donors (Lipinski definition) is 0. The van der Waals surface area contributed by atoms with Gasteiger partial charge in [-0.2, -0.15) is 0 Å². The van der Waals surface area contributed by atoms with Crippen molar-refractivity contribution in [3.05, 3.63) is 40.4 Å². The van der Waals surface area contributed by atoms with Gasteiger partial charge < -0.3 is 9.80 Å². The zero-order valence-corrected chi connectivity index (χ0v) is 13.3. The molecule has 0 atom stereocenters. The molecule has 1 saturated heterocycles. The molecule has 1 aliphatic heterocycles. The van der Waals surface area contributed by atoms with Gasteiger partial charge in [-0.3, -0.25) is 0 Å². The van der Waals surface area contributed by atoms with Crippen LogP contribution in [0.5, 0.6) is 0 Å². The van der Waals surface area contributed by atoms with E-state index < -0.39 is 0 Å². The van der Waals surface area contributed by atoms with Gasteiger partial charge in [0.05, 0.1) is 0 Å². The van der Waals surface area contributed by atoms with Crippen molar-refractivity contribution in [1.29, 1.82) is 0 Å². The molecule has 3 nitrogen and oxygen atoms in total. The van der Waals surface area contributed by atoms with Gasteiger partial charge in [0.1, 0.15) is 0 Å². The van der Waals surface area contributed by atoms with Crippen LogP contribution in [0.15, 0.2) is 29.8 Å². The zero-order valence-electron chi connectivity index (χ0n) is 10.9. The van der Waals surface area contributed by atoms with Crippen molar-refractivity contribution in [3.8, 4) is 0 Å². The second-order valence-corrected chi connectivity index (χ2v) is 6.27. The van der Waals surface area contributed by atoms with Crippen LogP contribution in [0.3, 0.4) is 0 Å². The minimum atomic E-state index is 0.489. The van der Waals surface area contributed by atoms with Crippen LogP contribution in [0, 0.1) is 0 Å². The minimum Gasteiger partial charge on any atom is -0.368 e. The summed E-state index contributed by atoms with van der Waals surface area (Å²) in [5.41, 5.74) is 2.30. The Hall–Kier alpha value is -0.970. The average molecular weight is 328 g/mol. The molecule has 1 aliphatic rings. The summed E-state index contributed by atoms with van der Waals surface area (Å²) in [6.07, 6.45) is 1.86. The summed E-state index contributed by atoms with van der Waals surface area (Å²) >= 11 is 13.8. The van der Waals surface area contributed by atoms with E-state index in [0.717, 1.165) is 41.9 Å². The number of alkyl halides is 1. The highest BCUT2D eigenvalue weighted by Crippen LogP contribution is 2.28. The molecule has 106 valence electrons. The lowest BCUT2D eigenvalue weighted by Crippen LogP contribution is -2.46. The molecule has 0 amide bonds. The summed E-state index contributed by atoms with van der Waals surface area (Å²) in [5.74, 6) is 0.489. The second kappa shape index (κ2) is 6.20. The summed E-state index contributed by atoms with van der Waals surface area (Å²) in [6.45, 7) is 3.92. The third kappa shape index (κ3) is 2.87. The Labute approximate surface area is 132 Å². The fourth-order valence-electron chi connectivity index (χ4n) is 2.48. The third-order valence-electron chi connectivity index (χ3n) is 3.50. The van der Waals surface area contributed by atoms with Crippen LogP contribution in [-0.2, 0) is 5.88 Å². The van der Waals surface area contributed by atoms with E-state index in [4.69, 9.17) is 23.2 Å². The van der Waals surface area contributed by atoms with Crippen LogP contribution in [0.1, 0.15) is 5.56 Å². The van der Waals surface area contributed by atoms with E-state index in [9.17, 15) is 0 Å². The van der Waals surface area contributed by atoms with Gasteiger partial charge >= 0.3 is 0 Å². The van der Waals surface area contributed by atoms with E-state index in [1.54, 1.807) is 11.3 Å². The normalized spacial score (nSPS) is 15.7. The lowest BCUT2D eigenvalue weighted by atomic mass is 10.1. The van der Waals surface area contributed by atoms with Crippen molar-refractivity contribution in [2.45, 2.75) is 5.88 Å². The zero-order chi connectivity index (χ0) is 13.9. The molecule has 1 aromatic heterocycles. The first-order valence-electron chi connectivity index (χ1n) is 6.51. The number of aromatic nitrogens is 1. The van der Waals surface area contributed by atoms with Crippen LogP contribution in [-0.4, -0.2) is 31.2 Å².